The minimum absolute atomic E-state index is 0.00238. The second-order valence-electron chi connectivity index (χ2n) is 7.66. The first-order valence-corrected chi connectivity index (χ1v) is 10.6. The largest absolute Gasteiger partial charge is 0.384 e. The number of rotatable bonds is 3. The number of likely N-dealkylation sites (tertiary alicyclic amines) is 1. The van der Waals surface area contributed by atoms with E-state index in [0.29, 0.717) is 23.1 Å². The maximum atomic E-state index is 11.4. The fourth-order valence-corrected chi connectivity index (χ4v) is 3.85. The monoisotopic (exact) mass is 405 g/mol. The van der Waals surface area contributed by atoms with Gasteiger partial charge < -0.3 is 10.6 Å². The minimum atomic E-state index is -0.175. The molecule has 7 heteroatoms. The summed E-state index contributed by atoms with van der Waals surface area (Å²) in [6.07, 6.45) is 10.7. The number of nitrogens with two attached hydrogens (primary N) is 1. The molecule has 154 valence electrons. The van der Waals surface area contributed by atoms with Gasteiger partial charge in [-0.1, -0.05) is 63.1 Å². The van der Waals surface area contributed by atoms with Crippen molar-refractivity contribution in [3.05, 3.63) is 29.3 Å². The van der Waals surface area contributed by atoms with Gasteiger partial charge in [0.25, 0.3) is 0 Å². The van der Waals surface area contributed by atoms with Gasteiger partial charge in [0.1, 0.15) is 5.84 Å². The third kappa shape index (κ3) is 7.58. The molecule has 1 unspecified atom stereocenters. The molecule has 1 saturated heterocycles. The standard InChI is InChI=1S/C13H16ClN5O.C8H16/c1-9(20)19-7-3-6-12(19)13(15)17-18-16-11-5-2-4-10(14)8-11;1-8-6-4-2-3-5-7-8/h2,4-5,8,12H,3,6-7H2,1H3,(H2,15,16,17);8H,2-7H2,1H3. The molecule has 2 fully saturated rings. The second-order valence-corrected chi connectivity index (χ2v) is 8.10. The Balaban J connectivity index is 0.000000292. The lowest BCUT2D eigenvalue weighted by Gasteiger charge is -2.21. The number of hydrogen-bond donors (Lipinski definition) is 1. The zero-order chi connectivity index (χ0) is 20.4. The molecule has 0 aromatic heterocycles. The summed E-state index contributed by atoms with van der Waals surface area (Å²) in [6.45, 7) is 4.62. The number of amides is 1. The number of nitrogens with zero attached hydrogens (tertiary/aromatic N) is 4. The van der Waals surface area contributed by atoms with Crippen molar-refractivity contribution in [2.24, 2.45) is 27.1 Å². The second kappa shape index (κ2) is 11.8. The van der Waals surface area contributed by atoms with Crippen molar-refractivity contribution in [1.29, 1.82) is 0 Å². The molecule has 1 amide bonds. The number of benzene rings is 1. The van der Waals surface area contributed by atoms with Crippen molar-refractivity contribution >= 4 is 29.0 Å². The van der Waals surface area contributed by atoms with Crippen molar-refractivity contribution in [3.8, 4) is 0 Å². The number of carbonyl (C=O) groups excluding carboxylic acids is 1. The van der Waals surface area contributed by atoms with Gasteiger partial charge in [-0.05, 0) is 42.2 Å². The van der Waals surface area contributed by atoms with Gasteiger partial charge in [-0.25, -0.2) is 0 Å². The highest BCUT2D eigenvalue weighted by Gasteiger charge is 2.29. The maximum Gasteiger partial charge on any atom is 0.220 e. The van der Waals surface area contributed by atoms with E-state index >= 15 is 0 Å². The van der Waals surface area contributed by atoms with Crippen LogP contribution in [0.1, 0.15) is 65.2 Å². The quantitative estimate of drug-likeness (QED) is 0.230. The smallest absolute Gasteiger partial charge is 0.220 e. The first-order chi connectivity index (χ1) is 13.5. The van der Waals surface area contributed by atoms with E-state index in [1.54, 1.807) is 29.2 Å². The van der Waals surface area contributed by atoms with E-state index in [0.717, 1.165) is 18.8 Å². The van der Waals surface area contributed by atoms with Crippen molar-refractivity contribution in [2.45, 2.75) is 71.3 Å². The predicted octanol–water partition coefficient (Wildman–Crippen LogP) is 5.68. The highest BCUT2D eigenvalue weighted by atomic mass is 35.5. The molecule has 0 radical (unpaired) electrons. The summed E-state index contributed by atoms with van der Waals surface area (Å²) in [4.78, 5) is 13.1. The van der Waals surface area contributed by atoms with Crippen LogP contribution >= 0.6 is 11.6 Å². The van der Waals surface area contributed by atoms with Gasteiger partial charge in [-0.15, -0.1) is 10.2 Å². The summed E-state index contributed by atoms with van der Waals surface area (Å²) < 4.78 is 0. The van der Waals surface area contributed by atoms with Crippen LogP contribution in [-0.2, 0) is 4.79 Å². The fourth-order valence-electron chi connectivity index (χ4n) is 3.67. The average molecular weight is 406 g/mol. The van der Waals surface area contributed by atoms with Crippen LogP contribution in [0.25, 0.3) is 0 Å². The van der Waals surface area contributed by atoms with Crippen molar-refractivity contribution in [3.63, 3.8) is 0 Å². The normalized spacial score (nSPS) is 21.3. The minimum Gasteiger partial charge on any atom is -0.384 e. The summed E-state index contributed by atoms with van der Waals surface area (Å²) in [5, 5.41) is 12.1. The zero-order valence-electron chi connectivity index (χ0n) is 17.0. The molecule has 1 aromatic rings. The molecular weight excluding hydrogens is 374 g/mol. The summed E-state index contributed by atoms with van der Waals surface area (Å²) in [7, 11) is 0. The van der Waals surface area contributed by atoms with Gasteiger partial charge in [0.2, 0.25) is 5.91 Å². The number of amidine groups is 1. The molecule has 6 nitrogen and oxygen atoms in total. The van der Waals surface area contributed by atoms with Crippen LogP contribution in [0.2, 0.25) is 5.02 Å². The molecule has 1 aliphatic carbocycles. The molecule has 1 aliphatic heterocycles. The van der Waals surface area contributed by atoms with E-state index < -0.39 is 0 Å². The first kappa shape index (κ1) is 22.3. The Morgan fingerprint density at radius 1 is 1.14 bits per heavy atom. The van der Waals surface area contributed by atoms with Crippen LogP contribution in [0.5, 0.6) is 0 Å². The Kier molecular flexibility index (Phi) is 9.41. The van der Waals surface area contributed by atoms with Gasteiger partial charge in [-0.3, -0.25) is 4.79 Å². The lowest BCUT2D eigenvalue weighted by molar-refractivity contribution is -0.128. The van der Waals surface area contributed by atoms with Crippen LogP contribution in [-0.4, -0.2) is 29.2 Å². The molecule has 1 atom stereocenters. The maximum absolute atomic E-state index is 11.4. The molecule has 2 N–H and O–H groups in total. The topological polar surface area (TPSA) is 83.4 Å². The van der Waals surface area contributed by atoms with Crippen LogP contribution in [0, 0.1) is 5.92 Å². The Labute approximate surface area is 173 Å². The number of halogens is 1. The highest BCUT2D eigenvalue weighted by Crippen LogP contribution is 2.21. The van der Waals surface area contributed by atoms with Crippen LogP contribution in [0.4, 0.5) is 5.69 Å². The predicted molar refractivity (Wildman–Crippen MR) is 115 cm³/mol. The Morgan fingerprint density at radius 3 is 2.50 bits per heavy atom. The van der Waals surface area contributed by atoms with Crippen molar-refractivity contribution in [2.75, 3.05) is 6.54 Å². The van der Waals surface area contributed by atoms with E-state index in [1.165, 1.54) is 45.4 Å². The van der Waals surface area contributed by atoms with Gasteiger partial charge in [0.15, 0.2) is 0 Å². The Hall–Kier alpha value is -1.95. The average Bonchev–Trinajstić information content (AvgIpc) is 3.04. The summed E-state index contributed by atoms with van der Waals surface area (Å²) in [5.74, 6) is 1.33. The van der Waals surface area contributed by atoms with Crippen molar-refractivity contribution in [1.82, 2.24) is 4.90 Å². The highest BCUT2D eigenvalue weighted by molar-refractivity contribution is 6.30. The SMILES string of the molecule is CC(=O)N1CCCC1/C(N)=N/N=Nc1cccc(Cl)c1.CC1CCCCCC1. The van der Waals surface area contributed by atoms with Gasteiger partial charge >= 0.3 is 0 Å². The van der Waals surface area contributed by atoms with E-state index in [-0.39, 0.29) is 11.9 Å². The molecule has 0 spiro atoms. The Bertz CT molecular complexity index is 683. The summed E-state index contributed by atoms with van der Waals surface area (Å²) in [5.41, 5.74) is 6.48. The molecule has 2 aliphatic rings. The van der Waals surface area contributed by atoms with Gasteiger partial charge in [0, 0.05) is 18.5 Å². The van der Waals surface area contributed by atoms with Crippen LogP contribution in [0.3, 0.4) is 0 Å². The molecule has 1 aromatic carbocycles. The van der Waals surface area contributed by atoms with Crippen LogP contribution < -0.4 is 5.73 Å². The molecule has 0 bridgehead atoms. The van der Waals surface area contributed by atoms with E-state index in [2.05, 4.69) is 22.4 Å². The zero-order valence-corrected chi connectivity index (χ0v) is 17.7. The van der Waals surface area contributed by atoms with Crippen molar-refractivity contribution < 1.29 is 4.79 Å². The molecule has 3 rings (SSSR count). The van der Waals surface area contributed by atoms with Gasteiger partial charge in [0.05, 0.1) is 11.7 Å². The third-order valence-corrected chi connectivity index (χ3v) is 5.51. The van der Waals surface area contributed by atoms with E-state index in [9.17, 15) is 4.79 Å². The van der Waals surface area contributed by atoms with Gasteiger partial charge in [-0.2, -0.15) is 0 Å². The first-order valence-electron chi connectivity index (χ1n) is 10.2. The van der Waals surface area contributed by atoms with E-state index in [4.69, 9.17) is 17.3 Å². The molecule has 1 heterocycles. The molecular formula is C21H32ClN5O. The van der Waals surface area contributed by atoms with E-state index in [1.807, 2.05) is 0 Å². The molecule has 28 heavy (non-hydrogen) atoms. The fraction of sp³-hybridized carbons (Fsp3) is 0.619. The number of carbonyl (C=O) groups is 1. The lowest BCUT2D eigenvalue weighted by Crippen LogP contribution is -2.42. The Morgan fingerprint density at radius 2 is 1.86 bits per heavy atom. The third-order valence-electron chi connectivity index (χ3n) is 5.27. The summed E-state index contributed by atoms with van der Waals surface area (Å²) >= 11 is 5.84. The number of hydrogen-bond acceptors (Lipinski definition) is 3. The molecule has 1 saturated carbocycles. The summed E-state index contributed by atoms with van der Waals surface area (Å²) in [6, 6.07) is 6.79. The lowest BCUT2D eigenvalue weighted by atomic mass is 10.0. The van der Waals surface area contributed by atoms with Crippen LogP contribution in [0.15, 0.2) is 39.7 Å².